The lowest BCUT2D eigenvalue weighted by atomic mass is 10.1. The van der Waals surface area contributed by atoms with Gasteiger partial charge in [0.1, 0.15) is 6.34 Å². The Labute approximate surface area is 120 Å². The number of halogens is 1. The van der Waals surface area contributed by atoms with E-state index in [0.717, 1.165) is 23.2 Å². The molecular weight excluding hydrogens is 264 g/mol. The van der Waals surface area contributed by atoms with E-state index in [0.29, 0.717) is 0 Å². The number of benzene rings is 1. The van der Waals surface area contributed by atoms with Crippen molar-refractivity contribution in [3.63, 3.8) is 0 Å². The van der Waals surface area contributed by atoms with E-state index >= 15 is 0 Å². The van der Waals surface area contributed by atoms with Gasteiger partial charge in [-0.1, -0.05) is 25.1 Å². The molecule has 106 valence electrons. The van der Waals surface area contributed by atoms with Crippen LogP contribution in [-0.2, 0) is 6.42 Å². The minimum atomic E-state index is -0.287. The summed E-state index contributed by atoms with van der Waals surface area (Å²) in [5.74, 6) is 0. The molecule has 0 spiro atoms. The predicted octanol–water partition coefficient (Wildman–Crippen LogP) is 2.61. The first-order chi connectivity index (χ1) is 8.54. The van der Waals surface area contributed by atoms with E-state index in [2.05, 4.69) is 22.7 Å². The van der Waals surface area contributed by atoms with Gasteiger partial charge in [0.2, 0.25) is 0 Å². The SMILES string of the molecule is CCc1cccc(C)c1NC(=O)NC=NN(C)C.Cl. The van der Waals surface area contributed by atoms with Crippen LogP contribution in [0.15, 0.2) is 23.3 Å². The molecule has 1 rings (SSSR count). The number of para-hydroxylation sites is 1. The number of hydrazone groups is 1. The standard InChI is InChI=1S/C13H20N4O.ClH/c1-5-11-8-6-7-10(2)12(11)16-13(18)14-9-15-17(3)4;/h6-9H,5H2,1-4H3,(H2,14,15,16,18);1H. The van der Waals surface area contributed by atoms with Crippen molar-refractivity contribution in [2.75, 3.05) is 19.4 Å². The molecule has 0 aliphatic carbocycles. The molecule has 0 unspecified atom stereocenters. The molecule has 0 atom stereocenters. The maximum absolute atomic E-state index is 11.7. The molecule has 0 bridgehead atoms. The molecule has 0 heterocycles. The van der Waals surface area contributed by atoms with Crippen LogP contribution < -0.4 is 10.6 Å². The van der Waals surface area contributed by atoms with Crippen molar-refractivity contribution in [3.8, 4) is 0 Å². The number of nitrogens with zero attached hydrogens (tertiary/aromatic N) is 2. The average molecular weight is 285 g/mol. The van der Waals surface area contributed by atoms with Crippen LogP contribution in [0.5, 0.6) is 0 Å². The molecule has 2 N–H and O–H groups in total. The number of urea groups is 1. The first-order valence-corrected chi connectivity index (χ1v) is 5.90. The minimum absolute atomic E-state index is 0. The zero-order valence-corrected chi connectivity index (χ0v) is 12.5. The van der Waals surface area contributed by atoms with Crippen molar-refractivity contribution in [2.24, 2.45) is 5.10 Å². The maximum Gasteiger partial charge on any atom is 0.324 e. The van der Waals surface area contributed by atoms with Gasteiger partial charge in [0.05, 0.1) is 0 Å². The molecule has 0 aliphatic heterocycles. The van der Waals surface area contributed by atoms with Crippen molar-refractivity contribution in [1.82, 2.24) is 10.3 Å². The number of carbonyl (C=O) groups is 1. The number of nitrogens with one attached hydrogen (secondary N) is 2. The van der Waals surface area contributed by atoms with E-state index in [-0.39, 0.29) is 18.4 Å². The molecule has 0 radical (unpaired) electrons. The van der Waals surface area contributed by atoms with Gasteiger partial charge in [-0.3, -0.25) is 5.32 Å². The largest absolute Gasteiger partial charge is 0.324 e. The van der Waals surface area contributed by atoms with E-state index in [1.165, 1.54) is 6.34 Å². The number of hydrogen-bond donors (Lipinski definition) is 2. The van der Waals surface area contributed by atoms with Crippen LogP contribution in [0, 0.1) is 6.92 Å². The third kappa shape index (κ3) is 5.61. The smallest absolute Gasteiger partial charge is 0.307 e. The average Bonchev–Trinajstić information content (AvgIpc) is 2.31. The summed E-state index contributed by atoms with van der Waals surface area (Å²) in [5, 5.41) is 10.9. The highest BCUT2D eigenvalue weighted by atomic mass is 35.5. The number of aryl methyl sites for hydroxylation is 2. The molecule has 5 nitrogen and oxygen atoms in total. The zero-order valence-electron chi connectivity index (χ0n) is 11.7. The Morgan fingerprint density at radius 1 is 1.42 bits per heavy atom. The molecule has 0 fully saturated rings. The Balaban J connectivity index is 0.00000324. The molecule has 19 heavy (non-hydrogen) atoms. The predicted molar refractivity (Wildman–Crippen MR) is 82.1 cm³/mol. The van der Waals surface area contributed by atoms with Gasteiger partial charge < -0.3 is 10.3 Å². The van der Waals surface area contributed by atoms with Gasteiger partial charge in [0.25, 0.3) is 0 Å². The lowest BCUT2D eigenvalue weighted by Gasteiger charge is -2.12. The molecule has 2 amide bonds. The number of carbonyl (C=O) groups excluding carboxylic acids is 1. The van der Waals surface area contributed by atoms with Gasteiger partial charge in [-0.15, -0.1) is 12.4 Å². The van der Waals surface area contributed by atoms with Crippen LogP contribution in [0.2, 0.25) is 0 Å². The third-order valence-electron chi connectivity index (χ3n) is 2.46. The third-order valence-corrected chi connectivity index (χ3v) is 2.46. The van der Waals surface area contributed by atoms with Crippen LogP contribution in [0.25, 0.3) is 0 Å². The summed E-state index contributed by atoms with van der Waals surface area (Å²) in [5.41, 5.74) is 3.04. The van der Waals surface area contributed by atoms with Gasteiger partial charge in [-0.2, -0.15) is 5.10 Å². The first-order valence-electron chi connectivity index (χ1n) is 5.90. The van der Waals surface area contributed by atoms with E-state index < -0.39 is 0 Å². The van der Waals surface area contributed by atoms with Crippen molar-refractivity contribution in [2.45, 2.75) is 20.3 Å². The van der Waals surface area contributed by atoms with Crippen LogP contribution in [0.3, 0.4) is 0 Å². The van der Waals surface area contributed by atoms with Gasteiger partial charge in [-0.25, -0.2) is 4.79 Å². The second-order valence-electron chi connectivity index (χ2n) is 4.15. The van der Waals surface area contributed by atoms with E-state index in [1.807, 2.05) is 25.1 Å². The van der Waals surface area contributed by atoms with Crippen LogP contribution in [0.1, 0.15) is 18.1 Å². The van der Waals surface area contributed by atoms with Crippen LogP contribution in [0.4, 0.5) is 10.5 Å². The number of anilines is 1. The summed E-state index contributed by atoms with van der Waals surface area (Å²) in [6.45, 7) is 4.04. The first kappa shape index (κ1) is 17.2. The van der Waals surface area contributed by atoms with Gasteiger partial charge >= 0.3 is 6.03 Å². The monoisotopic (exact) mass is 284 g/mol. The van der Waals surface area contributed by atoms with Crippen molar-refractivity contribution < 1.29 is 4.79 Å². The van der Waals surface area contributed by atoms with Gasteiger partial charge in [-0.05, 0) is 24.5 Å². The van der Waals surface area contributed by atoms with Gasteiger partial charge in [0, 0.05) is 19.8 Å². The summed E-state index contributed by atoms with van der Waals surface area (Å²) in [4.78, 5) is 11.7. The number of amides is 2. The lowest BCUT2D eigenvalue weighted by Crippen LogP contribution is -2.29. The molecule has 0 aromatic heterocycles. The van der Waals surface area contributed by atoms with Crippen molar-refractivity contribution >= 4 is 30.5 Å². The quantitative estimate of drug-likeness (QED) is 0.507. The number of rotatable bonds is 4. The Bertz CT molecular complexity index is 446. The highest BCUT2D eigenvalue weighted by Crippen LogP contribution is 2.20. The fraction of sp³-hybridized carbons (Fsp3) is 0.385. The molecule has 0 saturated heterocycles. The second kappa shape index (κ2) is 8.37. The fourth-order valence-corrected chi connectivity index (χ4v) is 1.55. The zero-order chi connectivity index (χ0) is 13.5. The van der Waals surface area contributed by atoms with E-state index in [9.17, 15) is 4.79 Å². The normalized spacial score (nSPS) is 9.89. The van der Waals surface area contributed by atoms with E-state index in [4.69, 9.17) is 0 Å². The second-order valence-corrected chi connectivity index (χ2v) is 4.15. The topological polar surface area (TPSA) is 56.7 Å². The Morgan fingerprint density at radius 3 is 2.68 bits per heavy atom. The van der Waals surface area contributed by atoms with Crippen molar-refractivity contribution in [1.29, 1.82) is 0 Å². The summed E-state index contributed by atoms with van der Waals surface area (Å²) in [6, 6.07) is 5.69. The molecule has 1 aromatic rings. The molecule has 0 aliphatic rings. The Hall–Kier alpha value is -1.75. The fourth-order valence-electron chi connectivity index (χ4n) is 1.55. The van der Waals surface area contributed by atoms with Crippen molar-refractivity contribution in [3.05, 3.63) is 29.3 Å². The summed E-state index contributed by atoms with van der Waals surface area (Å²) < 4.78 is 0. The summed E-state index contributed by atoms with van der Waals surface area (Å²) in [7, 11) is 3.57. The van der Waals surface area contributed by atoms with Crippen LogP contribution in [-0.4, -0.2) is 31.5 Å². The highest BCUT2D eigenvalue weighted by Gasteiger charge is 2.07. The summed E-state index contributed by atoms with van der Waals surface area (Å²) >= 11 is 0. The lowest BCUT2D eigenvalue weighted by molar-refractivity contribution is 0.256. The molecular formula is C13H21ClN4O. The Kier molecular flexibility index (Phi) is 7.60. The van der Waals surface area contributed by atoms with Gasteiger partial charge in [0.15, 0.2) is 0 Å². The highest BCUT2D eigenvalue weighted by molar-refractivity contribution is 5.97. The van der Waals surface area contributed by atoms with E-state index in [1.54, 1.807) is 19.1 Å². The Morgan fingerprint density at radius 2 is 2.11 bits per heavy atom. The van der Waals surface area contributed by atoms with Crippen LogP contribution >= 0.6 is 12.4 Å². The maximum atomic E-state index is 11.7. The number of hydrogen-bond acceptors (Lipinski definition) is 3. The molecule has 6 heteroatoms. The minimum Gasteiger partial charge on any atom is -0.307 e. The molecule has 1 aromatic carbocycles. The molecule has 0 saturated carbocycles. The summed E-state index contributed by atoms with van der Waals surface area (Å²) in [6.07, 6.45) is 2.24.